The average Bonchev–Trinajstić information content (AvgIpc) is 3.37. The van der Waals surface area contributed by atoms with E-state index in [0.717, 1.165) is 66.9 Å². The smallest absolute Gasteiger partial charge is 0.384 e. The zero-order valence-corrected chi connectivity index (χ0v) is 26.6. The summed E-state index contributed by atoms with van der Waals surface area (Å²) in [4.78, 5) is 19.0. The van der Waals surface area contributed by atoms with Crippen LogP contribution in [0.5, 0.6) is 5.75 Å². The maximum atomic E-state index is 15.1. The van der Waals surface area contributed by atoms with Crippen molar-refractivity contribution in [3.05, 3.63) is 94.0 Å². The quantitative estimate of drug-likeness (QED) is 0.178. The van der Waals surface area contributed by atoms with Gasteiger partial charge in [-0.05, 0) is 80.7 Å². The summed E-state index contributed by atoms with van der Waals surface area (Å²) in [6, 6.07) is 18.3. The normalized spacial score (nSPS) is 23.1. The van der Waals surface area contributed by atoms with Crippen molar-refractivity contribution in [1.29, 1.82) is 0 Å². The molecule has 0 bridgehead atoms. The van der Waals surface area contributed by atoms with Crippen molar-refractivity contribution >= 4 is 28.6 Å². The second-order valence-corrected chi connectivity index (χ2v) is 12.7. The lowest BCUT2D eigenvalue weighted by Crippen LogP contribution is -2.43. The van der Waals surface area contributed by atoms with Crippen LogP contribution in [0.15, 0.2) is 60.7 Å². The van der Waals surface area contributed by atoms with Crippen LogP contribution < -0.4 is 4.74 Å². The second kappa shape index (κ2) is 12.7. The van der Waals surface area contributed by atoms with Gasteiger partial charge in [0.2, 0.25) is 5.79 Å². The fourth-order valence-corrected chi connectivity index (χ4v) is 6.83. The SMILES string of the molecule is COC(=O)C#Cc1ccc2nc(CN3CCC(C4OC(C)(c5ccc(Cl)cc5F)Oc5ccccc54)CC3)n(C[C@@H]3CCO3)c2c1. The summed E-state index contributed by atoms with van der Waals surface area (Å²) in [5.41, 5.74) is 3.89. The van der Waals surface area contributed by atoms with Crippen LogP contribution in [0.2, 0.25) is 5.02 Å². The lowest BCUT2D eigenvalue weighted by Gasteiger charge is -2.44. The Morgan fingerprint density at radius 1 is 1.13 bits per heavy atom. The number of halogens is 2. The third-order valence-corrected chi connectivity index (χ3v) is 9.46. The maximum Gasteiger partial charge on any atom is 0.384 e. The fourth-order valence-electron chi connectivity index (χ4n) is 6.67. The van der Waals surface area contributed by atoms with E-state index in [1.54, 1.807) is 19.1 Å². The molecule has 0 radical (unpaired) electrons. The number of rotatable bonds is 6. The summed E-state index contributed by atoms with van der Waals surface area (Å²) < 4.78 is 40.8. The van der Waals surface area contributed by atoms with E-state index in [0.29, 0.717) is 29.4 Å². The highest BCUT2D eigenvalue weighted by molar-refractivity contribution is 6.30. The molecule has 3 aliphatic rings. The first-order valence-electron chi connectivity index (χ1n) is 15.6. The molecule has 2 saturated heterocycles. The van der Waals surface area contributed by atoms with Gasteiger partial charge in [0.25, 0.3) is 0 Å². The highest BCUT2D eigenvalue weighted by Gasteiger charge is 2.44. The lowest BCUT2D eigenvalue weighted by molar-refractivity contribution is -0.243. The van der Waals surface area contributed by atoms with Crippen molar-refractivity contribution in [2.45, 2.75) is 57.3 Å². The number of aromatic nitrogens is 2. The number of para-hydroxylation sites is 1. The van der Waals surface area contributed by atoms with E-state index in [1.807, 2.05) is 42.5 Å². The van der Waals surface area contributed by atoms with Crippen molar-refractivity contribution in [2.75, 3.05) is 26.8 Å². The van der Waals surface area contributed by atoms with Crippen LogP contribution in [0.25, 0.3) is 11.0 Å². The molecule has 46 heavy (non-hydrogen) atoms. The monoisotopic (exact) mass is 643 g/mol. The molecule has 2 unspecified atom stereocenters. The van der Waals surface area contributed by atoms with E-state index in [9.17, 15) is 4.79 Å². The molecule has 0 amide bonds. The first kappa shape index (κ1) is 30.7. The van der Waals surface area contributed by atoms with Crippen LogP contribution in [0.4, 0.5) is 4.39 Å². The van der Waals surface area contributed by atoms with E-state index in [1.165, 1.54) is 13.2 Å². The van der Waals surface area contributed by atoms with Gasteiger partial charge in [-0.3, -0.25) is 4.90 Å². The van der Waals surface area contributed by atoms with Gasteiger partial charge in [0, 0.05) is 35.6 Å². The van der Waals surface area contributed by atoms with Crippen molar-refractivity contribution < 1.29 is 28.1 Å². The minimum atomic E-state index is -1.29. The van der Waals surface area contributed by atoms with Gasteiger partial charge < -0.3 is 23.5 Å². The van der Waals surface area contributed by atoms with Crippen molar-refractivity contribution in [3.63, 3.8) is 0 Å². The summed E-state index contributed by atoms with van der Waals surface area (Å²) in [6.07, 6.45) is 2.71. The molecule has 10 heteroatoms. The van der Waals surface area contributed by atoms with E-state index >= 15 is 4.39 Å². The number of imidazole rings is 1. The number of benzene rings is 3. The predicted octanol–water partition coefficient (Wildman–Crippen LogP) is 6.38. The van der Waals surface area contributed by atoms with Crippen LogP contribution in [0.1, 0.15) is 54.8 Å². The maximum absolute atomic E-state index is 15.1. The summed E-state index contributed by atoms with van der Waals surface area (Å²) >= 11 is 6.05. The number of carbonyl (C=O) groups excluding carboxylic acids is 1. The Kier molecular flexibility index (Phi) is 8.47. The number of carbonyl (C=O) groups is 1. The minimum absolute atomic E-state index is 0.150. The molecular formula is C36H35ClFN3O5. The second-order valence-electron chi connectivity index (χ2n) is 12.2. The van der Waals surface area contributed by atoms with Gasteiger partial charge in [-0.2, -0.15) is 0 Å². The van der Waals surface area contributed by atoms with Crippen LogP contribution in [0, 0.1) is 23.6 Å². The Hall–Kier alpha value is -3.94. The first-order valence-corrected chi connectivity index (χ1v) is 16.0. The van der Waals surface area contributed by atoms with Gasteiger partial charge in [0.05, 0.1) is 49.0 Å². The molecule has 3 aromatic carbocycles. The summed E-state index contributed by atoms with van der Waals surface area (Å²) in [5.74, 6) is 4.98. The number of esters is 1. The number of piperidine rings is 1. The van der Waals surface area contributed by atoms with E-state index in [-0.39, 0.29) is 18.1 Å². The predicted molar refractivity (Wildman–Crippen MR) is 171 cm³/mol. The molecular weight excluding hydrogens is 609 g/mol. The number of ether oxygens (including phenoxy) is 4. The van der Waals surface area contributed by atoms with Crippen LogP contribution in [-0.4, -0.2) is 53.3 Å². The average molecular weight is 644 g/mol. The van der Waals surface area contributed by atoms with Gasteiger partial charge in [-0.15, -0.1) is 0 Å². The molecule has 238 valence electrons. The number of methoxy groups -OCH3 is 1. The molecule has 3 aliphatic heterocycles. The van der Waals surface area contributed by atoms with Crippen LogP contribution >= 0.6 is 11.6 Å². The summed E-state index contributed by atoms with van der Waals surface area (Å²) in [7, 11) is 1.32. The number of hydrogen-bond acceptors (Lipinski definition) is 7. The molecule has 0 saturated carbocycles. The lowest BCUT2D eigenvalue weighted by atomic mass is 9.85. The highest BCUT2D eigenvalue weighted by atomic mass is 35.5. The number of hydrogen-bond donors (Lipinski definition) is 0. The van der Waals surface area contributed by atoms with Crippen molar-refractivity contribution in [2.24, 2.45) is 5.92 Å². The molecule has 0 N–H and O–H groups in total. The van der Waals surface area contributed by atoms with Gasteiger partial charge >= 0.3 is 5.97 Å². The van der Waals surface area contributed by atoms with Gasteiger partial charge in [0.15, 0.2) is 0 Å². The van der Waals surface area contributed by atoms with E-state index in [2.05, 4.69) is 26.0 Å². The van der Waals surface area contributed by atoms with E-state index < -0.39 is 17.6 Å². The molecule has 0 spiro atoms. The van der Waals surface area contributed by atoms with Gasteiger partial charge in [-0.1, -0.05) is 35.7 Å². The standard InChI is InChI=1S/C36H35ClFN3O5/c1-36(28-10-9-25(37)20-29(28)38)45-32-6-4-3-5-27(32)35(46-36)24-13-16-40(17-14-24)22-33-39-30-11-7-23(8-12-34(42)43-2)19-31(30)41(33)21-26-15-18-44-26/h3-7,9-11,19-20,24,26,35H,13-18,21-22H2,1-2H3/t26-,35?,36?/m0/s1. The molecule has 4 heterocycles. The minimum Gasteiger partial charge on any atom is -0.459 e. The molecule has 1 aromatic heterocycles. The van der Waals surface area contributed by atoms with Crippen LogP contribution in [-0.2, 0) is 37.9 Å². The third-order valence-electron chi connectivity index (χ3n) is 9.23. The molecule has 7 rings (SSSR count). The molecule has 3 atom stereocenters. The largest absolute Gasteiger partial charge is 0.459 e. The number of fused-ring (bicyclic) bond motifs is 2. The zero-order valence-electron chi connectivity index (χ0n) is 25.8. The van der Waals surface area contributed by atoms with Crippen molar-refractivity contribution in [1.82, 2.24) is 14.5 Å². The third kappa shape index (κ3) is 6.10. The number of nitrogens with zero attached hydrogens (tertiary/aromatic N) is 3. The van der Waals surface area contributed by atoms with Gasteiger partial charge in [0.1, 0.15) is 17.4 Å². The van der Waals surface area contributed by atoms with Crippen molar-refractivity contribution in [3.8, 4) is 17.6 Å². The fraction of sp³-hybridized carbons (Fsp3) is 0.389. The highest BCUT2D eigenvalue weighted by Crippen LogP contribution is 2.49. The molecule has 0 aliphatic carbocycles. The first-order chi connectivity index (χ1) is 22.3. The molecule has 4 aromatic rings. The number of likely N-dealkylation sites (tertiary alicyclic amines) is 1. The Balaban J connectivity index is 1.10. The summed E-state index contributed by atoms with van der Waals surface area (Å²) in [5, 5.41) is 0.325. The Labute approximate surface area is 272 Å². The van der Waals surface area contributed by atoms with Crippen LogP contribution in [0.3, 0.4) is 0 Å². The van der Waals surface area contributed by atoms with Gasteiger partial charge in [-0.25, -0.2) is 14.2 Å². The Bertz CT molecular complexity index is 1840. The van der Waals surface area contributed by atoms with E-state index in [4.69, 9.17) is 30.8 Å². The Morgan fingerprint density at radius 2 is 1.93 bits per heavy atom. The Morgan fingerprint density at radius 3 is 2.67 bits per heavy atom. The molecule has 8 nitrogen and oxygen atoms in total. The topological polar surface area (TPSA) is 75.0 Å². The zero-order chi connectivity index (χ0) is 31.8. The summed E-state index contributed by atoms with van der Waals surface area (Å²) in [6.45, 7) is 5.67. The molecule has 2 fully saturated rings.